The number of hydrogen-bond acceptors (Lipinski definition) is 9. The number of carboxylic acid groups (broad SMARTS) is 1. The first kappa shape index (κ1) is 63.1. The first-order valence-electron chi connectivity index (χ1n) is 22.1. The predicted molar refractivity (Wildman–Crippen MR) is 216 cm³/mol. The van der Waals surface area contributed by atoms with Gasteiger partial charge in [0.2, 0.25) is 0 Å². The Hall–Kier alpha value is 1.42. The first-order valence-corrected chi connectivity index (χ1v) is 23.6. The molecule has 0 bridgehead atoms. The number of carbonyl (C=O) groups is 1. The Balaban J connectivity index is -0.00000131. The molecule has 0 fully saturated rings. The molecule has 0 aromatic heterocycles. The minimum atomic E-state index is -5.01. The van der Waals surface area contributed by atoms with E-state index in [1.54, 1.807) is 0 Å². The quantitative estimate of drug-likeness (QED) is 0.0461. The van der Waals surface area contributed by atoms with Crippen molar-refractivity contribution in [3.63, 3.8) is 0 Å². The zero-order chi connectivity index (χ0) is 39.5. The monoisotopic (exact) mass is 826 g/mol. The van der Waals surface area contributed by atoms with Crippen LogP contribution >= 0.6 is 7.82 Å². The molecule has 0 saturated heterocycles. The Morgan fingerprint density at radius 2 is 0.836 bits per heavy atom. The van der Waals surface area contributed by atoms with Crippen molar-refractivity contribution in [3.05, 3.63) is 0 Å². The minimum absolute atomic E-state index is 0. The maximum Gasteiger partial charge on any atom is 1.00 e. The summed E-state index contributed by atoms with van der Waals surface area (Å²) in [5, 5.41) is 15.9. The van der Waals surface area contributed by atoms with E-state index in [-0.39, 0.29) is 72.3 Å². The van der Waals surface area contributed by atoms with Gasteiger partial charge in [-0.05, 0) is 12.8 Å². The Labute approximate surface area is 383 Å². The molecule has 0 radical (unpaired) electrons. The molecule has 0 heterocycles. The number of nitrogens with two attached hydrogens (primary N) is 1. The molecule has 2 atom stereocenters. The number of aliphatic carboxylic acids is 1. The van der Waals surface area contributed by atoms with Gasteiger partial charge in [-0.15, -0.1) is 0 Å². The number of unbranched alkanes of at least 4 members (excludes halogenated alkanes) is 30. The van der Waals surface area contributed by atoms with Crippen LogP contribution in [0.15, 0.2) is 0 Å². The number of hydrogen-bond donors (Lipinski definition) is 3. The molecule has 320 valence electrons. The molecule has 0 rings (SSSR count). The second kappa shape index (κ2) is 51.6. The molecule has 0 aliphatic rings. The van der Waals surface area contributed by atoms with Gasteiger partial charge in [-0.3, -0.25) is 4.79 Å². The number of ether oxygens (including phenoxy) is 2. The summed E-state index contributed by atoms with van der Waals surface area (Å²) in [7, 11) is -5.01. The van der Waals surface area contributed by atoms with Crippen LogP contribution in [0.2, 0.25) is 0 Å². The van der Waals surface area contributed by atoms with Crippen molar-refractivity contribution in [2.45, 2.75) is 231 Å². The van der Waals surface area contributed by atoms with Crippen molar-refractivity contribution in [2.24, 2.45) is 5.73 Å². The fourth-order valence-corrected chi connectivity index (χ4v) is 6.61. The molecule has 0 aliphatic heterocycles. The summed E-state index contributed by atoms with van der Waals surface area (Å²) < 4.78 is 27.1. The second-order valence-corrected chi connectivity index (χ2v) is 16.2. The molecule has 55 heavy (non-hydrogen) atoms. The summed E-state index contributed by atoms with van der Waals surface area (Å²) in [5.41, 5.74) is 4.77. The maximum absolute atomic E-state index is 11.0. The molecule has 0 aromatic rings. The number of aliphatic hydroxyl groups excluding tert-OH is 1. The first-order chi connectivity index (χ1) is 25.7. The zero-order valence-corrected chi connectivity index (χ0v) is 41.5. The molecule has 13 heteroatoms. The summed E-state index contributed by atoms with van der Waals surface area (Å²) in [6.07, 6.45) is 41.9. The van der Waals surface area contributed by atoms with E-state index < -0.39 is 32.5 Å². The van der Waals surface area contributed by atoms with Crippen LogP contribution in [0.5, 0.6) is 0 Å². The van der Waals surface area contributed by atoms with Gasteiger partial charge in [0, 0.05) is 13.2 Å². The Bertz CT molecular complexity index is 783. The Morgan fingerprint density at radius 3 is 1.09 bits per heavy atom. The number of rotatable bonds is 42. The van der Waals surface area contributed by atoms with Crippen LogP contribution in [0.4, 0.5) is 0 Å². The molecule has 0 aromatic carbocycles. The average Bonchev–Trinajstić information content (AvgIpc) is 3.13. The molecular weight excluding hydrogens is 739 g/mol. The van der Waals surface area contributed by atoms with Gasteiger partial charge in [0.25, 0.3) is 0 Å². The summed E-state index contributed by atoms with van der Waals surface area (Å²) >= 11 is 0. The minimum Gasteiger partial charge on any atom is -0.790 e. The summed E-state index contributed by atoms with van der Waals surface area (Å²) in [4.78, 5) is 31.6. The Morgan fingerprint density at radius 1 is 0.545 bits per heavy atom. The fraction of sp³-hybridized carbons (Fsp3) is 0.976. The van der Waals surface area contributed by atoms with Crippen LogP contribution in [-0.2, 0) is 23.4 Å². The number of carboxylic acids is 1. The van der Waals surface area contributed by atoms with Gasteiger partial charge in [-0.1, -0.05) is 206 Å². The molecule has 0 amide bonds. The van der Waals surface area contributed by atoms with E-state index >= 15 is 0 Å². The van der Waals surface area contributed by atoms with Crippen molar-refractivity contribution in [3.8, 4) is 0 Å². The fourth-order valence-electron chi connectivity index (χ4n) is 6.26. The van der Waals surface area contributed by atoms with Crippen LogP contribution < -0.4 is 74.6 Å². The van der Waals surface area contributed by atoms with Gasteiger partial charge >= 0.3 is 65.1 Å². The predicted octanol–water partition coefficient (Wildman–Crippen LogP) is 4.16. The van der Waals surface area contributed by atoms with E-state index in [1.165, 1.54) is 180 Å². The van der Waals surface area contributed by atoms with Crippen molar-refractivity contribution < 1.29 is 102 Å². The van der Waals surface area contributed by atoms with Gasteiger partial charge in [0.05, 0.1) is 27.6 Å². The largest absolute Gasteiger partial charge is 1.00 e. The number of phosphoric ester groups is 1. The normalized spacial score (nSPS) is 12.3. The van der Waals surface area contributed by atoms with Crippen LogP contribution in [-0.4, -0.2) is 61.4 Å². The zero-order valence-electron chi connectivity index (χ0n) is 36.6. The van der Waals surface area contributed by atoms with Crippen LogP contribution in [0.3, 0.4) is 0 Å². The van der Waals surface area contributed by atoms with E-state index in [0.717, 1.165) is 25.7 Å². The number of phosphoric acid groups is 1. The summed E-state index contributed by atoms with van der Waals surface area (Å²) in [6.45, 7) is 5.21. The summed E-state index contributed by atoms with van der Waals surface area (Å²) in [6, 6.07) is -1.13. The average molecular weight is 826 g/mol. The molecule has 0 aliphatic carbocycles. The Kier molecular flexibility index (Phi) is 59.1. The van der Waals surface area contributed by atoms with E-state index in [9.17, 15) is 19.1 Å². The van der Waals surface area contributed by atoms with Gasteiger partial charge in [-0.2, -0.15) is 0 Å². The van der Waals surface area contributed by atoms with Crippen molar-refractivity contribution in [1.29, 1.82) is 0 Å². The van der Waals surface area contributed by atoms with Crippen LogP contribution in [0, 0.1) is 0 Å². The van der Waals surface area contributed by atoms with Crippen LogP contribution in [0.25, 0.3) is 0 Å². The summed E-state index contributed by atoms with van der Waals surface area (Å²) in [5.74, 6) is -1.18. The molecule has 2 unspecified atom stereocenters. The third-order valence-corrected chi connectivity index (χ3v) is 10.2. The van der Waals surface area contributed by atoms with Gasteiger partial charge in [-0.25, -0.2) is 0 Å². The smallest absolute Gasteiger partial charge is 0.790 e. The van der Waals surface area contributed by atoms with Crippen molar-refractivity contribution in [2.75, 3.05) is 33.0 Å². The molecule has 0 saturated carbocycles. The number of aliphatic hydroxyl groups is 1. The third-order valence-electron chi connectivity index (χ3n) is 9.73. The van der Waals surface area contributed by atoms with E-state index in [1.807, 2.05) is 0 Å². The third kappa shape index (κ3) is 57.6. The van der Waals surface area contributed by atoms with E-state index in [0.29, 0.717) is 13.2 Å². The molecule has 0 spiro atoms. The van der Waals surface area contributed by atoms with Crippen molar-refractivity contribution >= 4 is 13.8 Å². The molecule has 4 N–H and O–H groups in total. The van der Waals surface area contributed by atoms with E-state index in [4.69, 9.17) is 25.4 Å². The van der Waals surface area contributed by atoms with Crippen molar-refractivity contribution in [1.82, 2.24) is 0 Å². The molecular formula is C42H86NNa2O9P. The standard InChI is InChI=1S/C39H81O6P.C3H7NO3.2Na/c1-3-5-7-9-11-13-15-17-19-21-23-25-27-29-31-33-35-43-37-39(38-45-46(40,41)42)44-36-34-32-30-28-26-24-22-20-18-16-14-12-10-8-6-4-2;4-2(1-5)3(6)7;;/h39H,3-38H2,1-2H3,(H2,40,41,42);2,5H,1,4H2,(H,6,7);;/q;;2*+1/p-2. The van der Waals surface area contributed by atoms with Gasteiger partial charge in [0.15, 0.2) is 0 Å². The topological polar surface area (TPSA) is 174 Å². The molecule has 10 nitrogen and oxygen atoms in total. The second-order valence-electron chi connectivity index (χ2n) is 15.0. The van der Waals surface area contributed by atoms with Gasteiger partial charge in [0.1, 0.15) is 12.1 Å². The van der Waals surface area contributed by atoms with Crippen LogP contribution in [0.1, 0.15) is 219 Å². The maximum atomic E-state index is 11.0. The van der Waals surface area contributed by atoms with E-state index in [2.05, 4.69) is 18.4 Å². The van der Waals surface area contributed by atoms with Gasteiger partial charge < -0.3 is 44.3 Å². The SMILES string of the molecule is CCCCCCCCCCCCCCCCCCOCC(COP(=O)([O-])[O-])OCCCCCCCCCCCCCCCCCC.NC(CO)C(=O)O.[Na+].[Na+].